The first-order chi connectivity index (χ1) is 15.6. The minimum atomic E-state index is 0. The van der Waals surface area contributed by atoms with E-state index in [0.29, 0.717) is 22.0 Å². The molecule has 0 amide bonds. The fraction of sp³-hybridized carbons (Fsp3) is 0.906. The highest BCUT2D eigenvalue weighted by molar-refractivity contribution is 5.91. The van der Waals surface area contributed by atoms with Crippen LogP contribution in [0.4, 0.5) is 0 Å². The van der Waals surface area contributed by atoms with Crippen molar-refractivity contribution in [3.8, 4) is 0 Å². The van der Waals surface area contributed by atoms with Crippen LogP contribution in [0.1, 0.15) is 148 Å². The Labute approximate surface area is 210 Å². The zero-order valence-electron chi connectivity index (χ0n) is 24.6. The fourth-order valence-electron chi connectivity index (χ4n) is 8.02. The molecule has 1 nitrogen and oxygen atoms in total. The molecule has 0 bridgehead atoms. The van der Waals surface area contributed by atoms with Gasteiger partial charge >= 0.3 is 0 Å². The summed E-state index contributed by atoms with van der Waals surface area (Å²) in [6.07, 6.45) is 16.6. The Morgan fingerprint density at radius 2 is 1.52 bits per heavy atom. The van der Waals surface area contributed by atoms with Crippen LogP contribution in [0.5, 0.6) is 0 Å². The van der Waals surface area contributed by atoms with Gasteiger partial charge in [0.1, 0.15) is 0 Å². The molecule has 0 aromatic heterocycles. The Balaban J connectivity index is 0.00000145. The molecule has 0 radical (unpaired) electrons. The summed E-state index contributed by atoms with van der Waals surface area (Å²) in [4.78, 5) is 12.0. The fourth-order valence-corrected chi connectivity index (χ4v) is 8.02. The lowest BCUT2D eigenvalue weighted by molar-refractivity contribution is -0.117. The molecular formula is C32H62O. The predicted octanol–water partition coefficient (Wildman–Crippen LogP) is 10.7. The number of hydrogen-bond donors (Lipinski definition) is 0. The maximum atomic E-state index is 12.0. The van der Waals surface area contributed by atoms with E-state index >= 15 is 0 Å². The molecule has 4 rings (SSSR count). The van der Waals surface area contributed by atoms with Crippen molar-refractivity contribution >= 4 is 5.78 Å². The predicted molar refractivity (Wildman–Crippen MR) is 150 cm³/mol. The van der Waals surface area contributed by atoms with Crippen molar-refractivity contribution in [3.63, 3.8) is 0 Å². The summed E-state index contributed by atoms with van der Waals surface area (Å²) in [6.45, 7) is 24.3. The van der Waals surface area contributed by atoms with Crippen LogP contribution in [-0.2, 0) is 4.79 Å². The number of carbonyl (C=O) groups is 1. The lowest BCUT2D eigenvalue weighted by Gasteiger charge is -2.58. The second-order valence-corrected chi connectivity index (χ2v) is 12.2. The highest BCUT2D eigenvalue weighted by Crippen LogP contribution is 2.67. The highest BCUT2D eigenvalue weighted by atomic mass is 16.1. The molecule has 4 aliphatic carbocycles. The van der Waals surface area contributed by atoms with Gasteiger partial charge in [-0.1, -0.05) is 88.2 Å². The highest BCUT2D eigenvalue weighted by Gasteiger charge is 2.58. The average molecular weight is 463 g/mol. The molecule has 0 spiro atoms. The third-order valence-electron chi connectivity index (χ3n) is 9.64. The zero-order chi connectivity index (χ0) is 25.4. The summed E-state index contributed by atoms with van der Waals surface area (Å²) < 4.78 is 0. The van der Waals surface area contributed by atoms with Crippen LogP contribution in [0.15, 0.2) is 11.6 Å². The maximum absolute atomic E-state index is 12.0. The van der Waals surface area contributed by atoms with Crippen LogP contribution in [0.3, 0.4) is 0 Å². The first-order valence-corrected chi connectivity index (χ1v) is 14.9. The summed E-state index contributed by atoms with van der Waals surface area (Å²) in [5.41, 5.74) is 2.93. The van der Waals surface area contributed by atoms with Crippen molar-refractivity contribution in [1.29, 1.82) is 0 Å². The molecule has 0 heterocycles. The third kappa shape index (κ3) is 6.55. The van der Waals surface area contributed by atoms with Crippen LogP contribution in [0, 0.1) is 39.9 Å². The van der Waals surface area contributed by atoms with Crippen LogP contribution >= 0.6 is 0 Å². The van der Waals surface area contributed by atoms with Crippen LogP contribution < -0.4 is 0 Å². The van der Waals surface area contributed by atoms with Crippen molar-refractivity contribution < 1.29 is 6.22 Å². The molecule has 33 heavy (non-hydrogen) atoms. The molecule has 0 aromatic rings. The second kappa shape index (κ2) is 12.9. The van der Waals surface area contributed by atoms with E-state index in [9.17, 15) is 4.79 Å². The van der Waals surface area contributed by atoms with Gasteiger partial charge in [0.15, 0.2) is 5.78 Å². The number of ketones is 1. The molecule has 0 aromatic carbocycles. The molecule has 6 unspecified atom stereocenters. The molecule has 0 saturated heterocycles. The molecule has 196 valence electrons. The summed E-state index contributed by atoms with van der Waals surface area (Å²) in [7, 11) is 0. The topological polar surface area (TPSA) is 17.1 Å². The summed E-state index contributed by atoms with van der Waals surface area (Å²) >= 11 is 0. The maximum Gasteiger partial charge on any atom is 0.155 e. The van der Waals surface area contributed by atoms with Crippen LogP contribution in [0.25, 0.3) is 0 Å². The Hall–Kier alpha value is -0.590. The average Bonchev–Trinajstić information content (AvgIpc) is 3.14. The van der Waals surface area contributed by atoms with Gasteiger partial charge in [-0.25, -0.2) is 0 Å². The summed E-state index contributed by atoms with van der Waals surface area (Å²) in [5, 5.41) is 0. The lowest BCUT2D eigenvalue weighted by Crippen LogP contribution is -2.50. The quantitative estimate of drug-likeness (QED) is 0.407. The van der Waals surface area contributed by atoms with E-state index in [1.165, 1.54) is 63.4 Å². The van der Waals surface area contributed by atoms with Crippen molar-refractivity contribution in [3.05, 3.63) is 11.6 Å². The van der Waals surface area contributed by atoms with E-state index in [2.05, 4.69) is 40.7 Å². The van der Waals surface area contributed by atoms with E-state index in [4.69, 9.17) is 0 Å². The summed E-state index contributed by atoms with van der Waals surface area (Å²) in [5.74, 6) is 4.07. The normalized spacial score (nSPS) is 36.8. The number of hydrogen-bond acceptors (Lipinski definition) is 1. The van der Waals surface area contributed by atoms with Gasteiger partial charge in [0, 0.05) is 7.85 Å². The third-order valence-corrected chi connectivity index (χ3v) is 9.64. The number of carbonyl (C=O) groups excluding carboxylic acids is 1. The van der Waals surface area contributed by atoms with Crippen molar-refractivity contribution in [2.45, 2.75) is 147 Å². The van der Waals surface area contributed by atoms with Gasteiger partial charge in [0.2, 0.25) is 0 Å². The minimum absolute atomic E-state index is 0. The molecular weight excluding hydrogens is 400 g/mol. The molecule has 6 atom stereocenters. The molecule has 3 saturated carbocycles. The van der Waals surface area contributed by atoms with Gasteiger partial charge in [-0.05, 0) is 104 Å². The number of allylic oxidation sites excluding steroid dienone is 1. The first-order valence-electron chi connectivity index (χ1n) is 14.9. The van der Waals surface area contributed by atoms with E-state index in [-0.39, 0.29) is 1.43 Å². The van der Waals surface area contributed by atoms with Gasteiger partial charge in [-0.3, -0.25) is 4.79 Å². The van der Waals surface area contributed by atoms with E-state index in [0.717, 1.165) is 36.5 Å². The van der Waals surface area contributed by atoms with Gasteiger partial charge < -0.3 is 0 Å². The van der Waals surface area contributed by atoms with Crippen molar-refractivity contribution in [1.82, 2.24) is 0 Å². The van der Waals surface area contributed by atoms with Gasteiger partial charge in [-0.2, -0.15) is 0 Å². The zero-order valence-corrected chi connectivity index (χ0v) is 24.6. The van der Waals surface area contributed by atoms with Gasteiger partial charge in [-0.15, -0.1) is 0 Å². The Kier molecular flexibility index (Phi) is 11.9. The van der Waals surface area contributed by atoms with Crippen molar-refractivity contribution in [2.24, 2.45) is 39.9 Å². The lowest BCUT2D eigenvalue weighted by atomic mass is 9.46. The van der Waals surface area contributed by atoms with Crippen LogP contribution in [-0.4, -0.2) is 5.78 Å². The number of rotatable bonds is 3. The van der Waals surface area contributed by atoms with E-state index in [1.54, 1.807) is 0 Å². The molecule has 0 N–H and O–H groups in total. The van der Waals surface area contributed by atoms with E-state index in [1.807, 2.05) is 41.5 Å². The smallest absolute Gasteiger partial charge is 0.155 e. The molecule has 1 heteroatoms. The van der Waals surface area contributed by atoms with E-state index < -0.39 is 0 Å². The van der Waals surface area contributed by atoms with Crippen LogP contribution in [0.2, 0.25) is 0 Å². The SMILES string of the molecule is CC.CC.CC.CC(C)(C)CCCC1CCC2C3CCC4=CC(=O)CCC4(C)C3CCC12C.[HH]. The Bertz CT molecular complexity index is 629. The number of fused-ring (bicyclic) bond motifs is 5. The summed E-state index contributed by atoms with van der Waals surface area (Å²) in [6, 6.07) is 0. The van der Waals surface area contributed by atoms with Gasteiger partial charge in [0.05, 0.1) is 0 Å². The Morgan fingerprint density at radius 3 is 2.12 bits per heavy atom. The standard InChI is InChI=1S/C26H42O.3C2H6.H2/c1-24(2,3)14-6-7-18-9-11-22-21-10-8-19-17-20(27)12-15-26(19,5)23(21)13-16-25(18,22)4;3*1-2;/h17-18,21-23H,6-16H2,1-5H3;3*1-2H3;1H. The van der Waals surface area contributed by atoms with Gasteiger partial charge in [0.25, 0.3) is 0 Å². The first kappa shape index (κ1) is 30.4. The largest absolute Gasteiger partial charge is 0.295 e. The minimum Gasteiger partial charge on any atom is -0.295 e. The molecule has 0 aliphatic heterocycles. The molecule has 4 aliphatic rings. The molecule has 3 fully saturated rings. The van der Waals surface area contributed by atoms with Crippen molar-refractivity contribution in [2.75, 3.05) is 0 Å². The Morgan fingerprint density at radius 1 is 0.879 bits per heavy atom. The monoisotopic (exact) mass is 462 g/mol. The second-order valence-electron chi connectivity index (χ2n) is 12.2.